The molecule has 0 saturated heterocycles. The molecule has 1 aromatic heterocycles. The molecule has 2 heterocycles. The van der Waals surface area contributed by atoms with Crippen LogP contribution in [0.1, 0.15) is 80.1 Å². The van der Waals surface area contributed by atoms with E-state index < -0.39 is 34.9 Å². The predicted molar refractivity (Wildman–Crippen MR) is 250 cm³/mol. The zero-order chi connectivity index (χ0) is 45.8. The van der Waals surface area contributed by atoms with Crippen LogP contribution in [-0.4, -0.2) is 61.2 Å². The third-order valence-electron chi connectivity index (χ3n) is 11.6. The van der Waals surface area contributed by atoms with E-state index in [2.05, 4.69) is 57.6 Å². The topological polar surface area (TPSA) is 140 Å². The van der Waals surface area contributed by atoms with Gasteiger partial charge in [-0.1, -0.05) is 140 Å². The predicted octanol–water partition coefficient (Wildman–Crippen LogP) is 9.77. The van der Waals surface area contributed by atoms with Gasteiger partial charge in [0.05, 0.1) is 6.04 Å². The van der Waals surface area contributed by atoms with Crippen LogP contribution in [0.3, 0.4) is 0 Å². The van der Waals surface area contributed by atoms with Crippen molar-refractivity contribution in [3.8, 4) is 22.5 Å². The highest BCUT2D eigenvalue weighted by atomic mass is 19.1. The standard InChI is InChI=1S/C53H52FN7O4/c1-51(2,3)65-50(64)57-52(4,5)34-46(62)55-45-31-29-37-33-41(54)30-32-44(37)56-47(45)48(63)36-27-25-35(26-28-36)42-23-15-16-24-43(42)49-58-59-60-61(49)53(38-17-9-6-10-18-38,39-19-11-7-12-20-39)40-21-13-8-14-22-40/h6-28,30,32-33,45,47,56H,29,31,34H2,1-5H3,(H,55,62)(H,57,64). The van der Waals surface area contributed by atoms with Gasteiger partial charge < -0.3 is 20.7 Å². The van der Waals surface area contributed by atoms with Crippen molar-refractivity contribution in [2.24, 2.45) is 0 Å². The molecule has 0 fully saturated rings. The first-order chi connectivity index (χ1) is 31.2. The molecule has 12 heteroatoms. The molecule has 330 valence electrons. The van der Waals surface area contributed by atoms with Gasteiger partial charge in [0.2, 0.25) is 5.91 Å². The van der Waals surface area contributed by atoms with E-state index in [0.717, 1.165) is 33.4 Å². The number of aryl methyl sites for hydroxylation is 1. The summed E-state index contributed by atoms with van der Waals surface area (Å²) in [5.74, 6) is -0.460. The number of alkyl carbamates (subject to hydrolysis) is 1. The number of benzene rings is 6. The van der Waals surface area contributed by atoms with Gasteiger partial charge >= 0.3 is 6.09 Å². The lowest BCUT2D eigenvalue weighted by atomic mass is 9.77. The fourth-order valence-corrected chi connectivity index (χ4v) is 8.75. The number of halogens is 1. The largest absolute Gasteiger partial charge is 0.444 e. The van der Waals surface area contributed by atoms with Gasteiger partial charge in [0, 0.05) is 28.8 Å². The molecule has 6 aromatic carbocycles. The van der Waals surface area contributed by atoms with E-state index in [-0.39, 0.29) is 23.9 Å². The van der Waals surface area contributed by atoms with Gasteiger partial charge in [0.1, 0.15) is 23.0 Å². The van der Waals surface area contributed by atoms with E-state index >= 15 is 0 Å². The number of amides is 2. The first-order valence-corrected chi connectivity index (χ1v) is 21.8. The monoisotopic (exact) mass is 869 g/mol. The van der Waals surface area contributed by atoms with Gasteiger partial charge in [-0.2, -0.15) is 0 Å². The molecule has 0 saturated carbocycles. The molecule has 0 spiro atoms. The first kappa shape index (κ1) is 44.1. The average molecular weight is 870 g/mol. The molecule has 2 amide bonds. The Labute approximate surface area is 378 Å². The summed E-state index contributed by atoms with van der Waals surface area (Å²) in [6.45, 7) is 8.76. The minimum atomic E-state index is -0.961. The average Bonchev–Trinajstić information content (AvgIpc) is 3.70. The van der Waals surface area contributed by atoms with Gasteiger partial charge in [0.15, 0.2) is 11.6 Å². The number of carbonyl (C=O) groups excluding carboxylic acids is 3. The third kappa shape index (κ3) is 9.57. The van der Waals surface area contributed by atoms with Crippen molar-refractivity contribution >= 4 is 23.5 Å². The van der Waals surface area contributed by atoms with Gasteiger partial charge in [-0.05, 0) is 109 Å². The summed E-state index contributed by atoms with van der Waals surface area (Å²) in [5.41, 5.74) is 4.49. The number of tetrazole rings is 1. The summed E-state index contributed by atoms with van der Waals surface area (Å²) >= 11 is 0. The Hall–Kier alpha value is -7.47. The Morgan fingerprint density at radius 3 is 1.89 bits per heavy atom. The number of carbonyl (C=O) groups is 3. The number of nitrogens with zero attached hydrogens (tertiary/aromatic N) is 4. The van der Waals surface area contributed by atoms with Crippen LogP contribution in [0.15, 0.2) is 158 Å². The molecule has 1 aliphatic rings. The lowest BCUT2D eigenvalue weighted by Gasteiger charge is -2.36. The van der Waals surface area contributed by atoms with Crippen LogP contribution in [0.25, 0.3) is 22.5 Å². The zero-order valence-electron chi connectivity index (χ0n) is 37.1. The highest BCUT2D eigenvalue weighted by Gasteiger charge is 2.42. The lowest BCUT2D eigenvalue weighted by molar-refractivity contribution is -0.123. The Morgan fingerprint density at radius 1 is 0.738 bits per heavy atom. The Balaban J connectivity index is 1.12. The molecule has 0 bridgehead atoms. The van der Waals surface area contributed by atoms with Gasteiger partial charge in [-0.25, -0.2) is 13.9 Å². The van der Waals surface area contributed by atoms with Crippen LogP contribution in [0.4, 0.5) is 14.9 Å². The van der Waals surface area contributed by atoms with Crippen molar-refractivity contribution in [2.45, 2.75) is 82.6 Å². The van der Waals surface area contributed by atoms with Gasteiger partial charge in [-0.15, -0.1) is 5.10 Å². The highest BCUT2D eigenvalue weighted by Crippen LogP contribution is 2.43. The number of hydrogen-bond donors (Lipinski definition) is 3. The second kappa shape index (κ2) is 18.3. The number of rotatable bonds is 12. The van der Waals surface area contributed by atoms with Crippen LogP contribution < -0.4 is 16.0 Å². The van der Waals surface area contributed by atoms with E-state index in [1.165, 1.54) is 12.1 Å². The van der Waals surface area contributed by atoms with Crippen molar-refractivity contribution in [1.82, 2.24) is 30.8 Å². The van der Waals surface area contributed by atoms with Crippen molar-refractivity contribution in [2.75, 3.05) is 5.32 Å². The summed E-state index contributed by atoms with van der Waals surface area (Å²) in [6.07, 6.45) is 0.0682. The van der Waals surface area contributed by atoms with Crippen LogP contribution in [0, 0.1) is 5.82 Å². The van der Waals surface area contributed by atoms with Gasteiger partial charge in [-0.3, -0.25) is 9.59 Å². The first-order valence-electron chi connectivity index (χ1n) is 21.8. The van der Waals surface area contributed by atoms with Gasteiger partial charge in [0.25, 0.3) is 0 Å². The Bertz CT molecular complexity index is 2690. The summed E-state index contributed by atoms with van der Waals surface area (Å²) in [6, 6.07) is 48.8. The second-order valence-corrected chi connectivity index (χ2v) is 18.0. The molecular formula is C53H52FN7O4. The van der Waals surface area contributed by atoms with E-state index in [4.69, 9.17) is 15.0 Å². The molecular weight excluding hydrogens is 818 g/mol. The van der Waals surface area contributed by atoms with Crippen molar-refractivity contribution in [1.29, 1.82) is 0 Å². The Kier molecular flexibility index (Phi) is 12.4. The SMILES string of the molecule is CC(C)(CC(=O)NC1CCc2cc(F)ccc2NC1C(=O)c1ccc(-c2ccccc2-c2nnnn2C(c2ccccc2)(c2ccccc2)c2ccccc2)cc1)NC(=O)OC(C)(C)C. The number of nitrogens with one attached hydrogen (secondary N) is 3. The second-order valence-electron chi connectivity index (χ2n) is 18.0. The molecule has 0 aliphatic carbocycles. The summed E-state index contributed by atoms with van der Waals surface area (Å²) in [5, 5.41) is 22.9. The lowest BCUT2D eigenvalue weighted by Crippen LogP contribution is -2.53. The molecule has 0 radical (unpaired) electrons. The number of anilines is 1. The molecule has 1 aliphatic heterocycles. The number of ketones is 1. The number of fused-ring (bicyclic) bond motifs is 1. The van der Waals surface area contributed by atoms with Crippen LogP contribution in [-0.2, 0) is 21.5 Å². The van der Waals surface area contributed by atoms with Crippen molar-refractivity contribution < 1.29 is 23.5 Å². The molecule has 2 atom stereocenters. The van der Waals surface area contributed by atoms with Crippen molar-refractivity contribution in [3.05, 3.63) is 191 Å². The minimum Gasteiger partial charge on any atom is -0.444 e. The molecule has 65 heavy (non-hydrogen) atoms. The molecule has 3 N–H and O–H groups in total. The van der Waals surface area contributed by atoms with E-state index in [9.17, 15) is 18.8 Å². The maximum Gasteiger partial charge on any atom is 0.408 e. The number of aromatic nitrogens is 4. The van der Waals surface area contributed by atoms with Crippen LogP contribution in [0.5, 0.6) is 0 Å². The smallest absolute Gasteiger partial charge is 0.408 e. The summed E-state index contributed by atoms with van der Waals surface area (Å²) < 4.78 is 21.8. The summed E-state index contributed by atoms with van der Waals surface area (Å²) in [4.78, 5) is 40.9. The molecule has 2 unspecified atom stereocenters. The Morgan fingerprint density at radius 2 is 1.31 bits per heavy atom. The van der Waals surface area contributed by atoms with Crippen LogP contribution in [0.2, 0.25) is 0 Å². The number of ether oxygens (including phenoxy) is 1. The van der Waals surface area contributed by atoms with E-state index in [1.807, 2.05) is 95.7 Å². The number of Topliss-reactive ketones (excluding diaryl/α,β-unsaturated/α-hetero) is 1. The minimum absolute atomic E-state index is 0.0776. The zero-order valence-corrected chi connectivity index (χ0v) is 37.1. The molecule has 11 nitrogen and oxygen atoms in total. The van der Waals surface area contributed by atoms with E-state index in [1.54, 1.807) is 52.8 Å². The maximum atomic E-state index is 14.7. The molecule has 8 rings (SSSR count). The van der Waals surface area contributed by atoms with Crippen LogP contribution >= 0.6 is 0 Å². The van der Waals surface area contributed by atoms with E-state index in [0.29, 0.717) is 35.5 Å². The number of hydrogen-bond acceptors (Lipinski definition) is 8. The highest BCUT2D eigenvalue weighted by molar-refractivity contribution is 6.03. The fourth-order valence-electron chi connectivity index (χ4n) is 8.75. The third-order valence-corrected chi connectivity index (χ3v) is 11.6. The molecule has 7 aromatic rings. The normalized spacial score (nSPS) is 15.2. The van der Waals surface area contributed by atoms with Crippen molar-refractivity contribution in [3.63, 3.8) is 0 Å². The fraction of sp³-hybridized carbons (Fsp3) is 0.245. The quantitative estimate of drug-likeness (QED) is 0.0815. The maximum absolute atomic E-state index is 14.7. The summed E-state index contributed by atoms with van der Waals surface area (Å²) in [7, 11) is 0.